The minimum Gasteiger partial charge on any atom is -0.496 e. The molecule has 0 unspecified atom stereocenters. The van der Waals surface area contributed by atoms with Gasteiger partial charge in [-0.1, -0.05) is 67.7 Å². The van der Waals surface area contributed by atoms with E-state index in [1.807, 2.05) is 6.07 Å². The van der Waals surface area contributed by atoms with Gasteiger partial charge in [-0.3, -0.25) is 0 Å². The molecule has 0 atom stereocenters. The van der Waals surface area contributed by atoms with Crippen molar-refractivity contribution in [2.75, 3.05) is 7.11 Å². The van der Waals surface area contributed by atoms with Gasteiger partial charge >= 0.3 is 0 Å². The molecule has 23 heavy (non-hydrogen) atoms. The van der Waals surface area contributed by atoms with Crippen molar-refractivity contribution in [1.29, 1.82) is 0 Å². The van der Waals surface area contributed by atoms with E-state index in [4.69, 9.17) is 4.74 Å². The van der Waals surface area contributed by atoms with Crippen molar-refractivity contribution in [1.82, 2.24) is 0 Å². The van der Waals surface area contributed by atoms with Crippen molar-refractivity contribution in [3.05, 3.63) is 29.1 Å². The van der Waals surface area contributed by atoms with E-state index in [0.717, 1.165) is 18.4 Å². The minimum atomic E-state index is -0.178. The summed E-state index contributed by atoms with van der Waals surface area (Å²) in [5.41, 5.74) is 1.64. The van der Waals surface area contributed by atoms with E-state index in [9.17, 15) is 4.39 Å². The third kappa shape index (κ3) is 8.39. The molecule has 0 saturated carbocycles. The topological polar surface area (TPSA) is 9.23 Å². The zero-order valence-electron chi connectivity index (χ0n) is 17.0. The number of benzene rings is 1. The Labute approximate surface area is 144 Å². The third-order valence-electron chi connectivity index (χ3n) is 4.27. The predicted molar refractivity (Wildman–Crippen MR) is 102 cm³/mol. The Hall–Kier alpha value is -1.05. The maximum Gasteiger partial charge on any atom is 0.130 e. The normalized spacial score (nSPS) is 10.2. The van der Waals surface area contributed by atoms with E-state index in [2.05, 4.69) is 48.5 Å². The summed E-state index contributed by atoms with van der Waals surface area (Å²) >= 11 is 0. The van der Waals surface area contributed by atoms with Crippen LogP contribution in [0.25, 0.3) is 0 Å². The maximum absolute atomic E-state index is 13.7. The second-order valence-corrected chi connectivity index (χ2v) is 6.26. The molecule has 0 aliphatic heterocycles. The summed E-state index contributed by atoms with van der Waals surface area (Å²) in [5.74, 6) is 0.464. The standard InChI is InChI=1S/C14H21FO.C4H10.C3H8/c1-6-14(4,7-2)11-8-12(15)10(3)13(9-11)16-5;1-3-4-2;1-3-2/h8-9H,6-7H2,1-5H3;3-4H2,1-2H3;3H2,1-2H3. The molecule has 1 aromatic carbocycles. The Morgan fingerprint density at radius 3 is 1.70 bits per heavy atom. The highest BCUT2D eigenvalue weighted by Crippen LogP contribution is 2.35. The average Bonchev–Trinajstić information content (AvgIpc) is 2.57. The number of halogens is 1. The van der Waals surface area contributed by atoms with Gasteiger partial charge in [-0.25, -0.2) is 4.39 Å². The molecule has 0 radical (unpaired) electrons. The molecule has 0 saturated heterocycles. The minimum absolute atomic E-state index is 0.0296. The van der Waals surface area contributed by atoms with Gasteiger partial charge in [0, 0.05) is 5.56 Å². The second-order valence-electron chi connectivity index (χ2n) is 6.26. The Bertz CT molecular complexity index is 407. The lowest BCUT2D eigenvalue weighted by Gasteiger charge is -2.28. The van der Waals surface area contributed by atoms with Crippen molar-refractivity contribution in [2.45, 2.75) is 92.9 Å². The molecule has 0 aliphatic carbocycles. The number of hydrogen-bond donors (Lipinski definition) is 0. The van der Waals surface area contributed by atoms with Gasteiger partial charge in [0.1, 0.15) is 11.6 Å². The van der Waals surface area contributed by atoms with Crippen LogP contribution in [0.15, 0.2) is 12.1 Å². The molecule has 0 heterocycles. The van der Waals surface area contributed by atoms with E-state index in [1.54, 1.807) is 20.1 Å². The lowest BCUT2D eigenvalue weighted by Crippen LogP contribution is -2.20. The van der Waals surface area contributed by atoms with Crippen molar-refractivity contribution in [3.8, 4) is 5.75 Å². The van der Waals surface area contributed by atoms with E-state index in [1.165, 1.54) is 19.3 Å². The molecular formula is C21H39FO. The van der Waals surface area contributed by atoms with E-state index < -0.39 is 0 Å². The Morgan fingerprint density at radius 2 is 1.39 bits per heavy atom. The highest BCUT2D eigenvalue weighted by atomic mass is 19.1. The highest BCUT2D eigenvalue weighted by Gasteiger charge is 2.24. The van der Waals surface area contributed by atoms with Crippen LogP contribution in [0.1, 0.15) is 91.7 Å². The number of methoxy groups -OCH3 is 1. The van der Waals surface area contributed by atoms with Crippen LogP contribution in [-0.4, -0.2) is 7.11 Å². The van der Waals surface area contributed by atoms with Crippen molar-refractivity contribution < 1.29 is 9.13 Å². The Balaban J connectivity index is 0. The van der Waals surface area contributed by atoms with Gasteiger partial charge in [0.2, 0.25) is 0 Å². The predicted octanol–water partition coefficient (Wildman–Crippen LogP) is 7.44. The Morgan fingerprint density at radius 1 is 0.957 bits per heavy atom. The molecule has 0 bridgehead atoms. The largest absolute Gasteiger partial charge is 0.496 e. The highest BCUT2D eigenvalue weighted by molar-refractivity contribution is 5.40. The van der Waals surface area contributed by atoms with Crippen molar-refractivity contribution >= 4 is 0 Å². The molecule has 136 valence electrons. The number of hydrogen-bond acceptors (Lipinski definition) is 1. The second kappa shape index (κ2) is 13.4. The van der Waals surface area contributed by atoms with Gasteiger partial charge in [0.05, 0.1) is 7.11 Å². The molecule has 0 N–H and O–H groups in total. The van der Waals surface area contributed by atoms with Crippen LogP contribution < -0.4 is 4.74 Å². The summed E-state index contributed by atoms with van der Waals surface area (Å²) < 4.78 is 19.0. The number of unbranched alkanes of at least 4 members (excludes halogenated alkanes) is 1. The van der Waals surface area contributed by atoms with E-state index >= 15 is 0 Å². The first kappa shape index (κ1) is 24.2. The van der Waals surface area contributed by atoms with Crippen molar-refractivity contribution in [3.63, 3.8) is 0 Å². The molecule has 0 aliphatic rings. The number of ether oxygens (including phenoxy) is 1. The first-order valence-electron chi connectivity index (χ1n) is 9.16. The summed E-state index contributed by atoms with van der Waals surface area (Å²) in [6.45, 7) is 16.8. The van der Waals surface area contributed by atoms with Crippen LogP contribution in [0.5, 0.6) is 5.75 Å². The SMILES string of the molecule is CCC.CCC(C)(CC)c1cc(F)c(C)c(OC)c1.CCCC. The Kier molecular flexibility index (Phi) is 14.1. The quantitative estimate of drug-likeness (QED) is 0.546. The smallest absolute Gasteiger partial charge is 0.130 e. The van der Waals surface area contributed by atoms with Gasteiger partial charge in [-0.15, -0.1) is 0 Å². The van der Waals surface area contributed by atoms with Crippen LogP contribution in [-0.2, 0) is 5.41 Å². The summed E-state index contributed by atoms with van der Waals surface area (Å²) in [6, 6.07) is 3.61. The first-order valence-corrected chi connectivity index (χ1v) is 9.16. The van der Waals surface area contributed by atoms with Gasteiger partial charge in [-0.05, 0) is 42.9 Å². The fourth-order valence-corrected chi connectivity index (χ4v) is 1.87. The van der Waals surface area contributed by atoms with E-state index in [-0.39, 0.29) is 11.2 Å². The summed E-state index contributed by atoms with van der Waals surface area (Å²) in [4.78, 5) is 0. The number of rotatable bonds is 5. The van der Waals surface area contributed by atoms with Crippen molar-refractivity contribution in [2.24, 2.45) is 0 Å². The van der Waals surface area contributed by atoms with Crippen LogP contribution in [0.2, 0.25) is 0 Å². The molecule has 0 amide bonds. The molecule has 1 aromatic rings. The average molecular weight is 327 g/mol. The molecule has 2 heteroatoms. The van der Waals surface area contributed by atoms with Crippen LogP contribution in [0.3, 0.4) is 0 Å². The van der Waals surface area contributed by atoms with Gasteiger partial charge < -0.3 is 4.74 Å². The molecule has 0 aromatic heterocycles. The molecule has 1 rings (SSSR count). The lowest BCUT2D eigenvalue weighted by molar-refractivity contribution is 0.396. The summed E-state index contributed by atoms with van der Waals surface area (Å²) in [7, 11) is 1.58. The zero-order valence-corrected chi connectivity index (χ0v) is 17.0. The molecular weight excluding hydrogens is 287 g/mol. The molecule has 0 fully saturated rings. The van der Waals surface area contributed by atoms with E-state index in [0.29, 0.717) is 11.3 Å². The van der Waals surface area contributed by atoms with Crippen LogP contribution in [0, 0.1) is 12.7 Å². The molecule has 0 spiro atoms. The fraction of sp³-hybridized carbons (Fsp3) is 0.714. The third-order valence-corrected chi connectivity index (χ3v) is 4.27. The monoisotopic (exact) mass is 326 g/mol. The van der Waals surface area contributed by atoms with Gasteiger partial charge in [0.15, 0.2) is 0 Å². The first-order chi connectivity index (χ1) is 10.8. The van der Waals surface area contributed by atoms with Gasteiger partial charge in [0.25, 0.3) is 0 Å². The zero-order chi connectivity index (χ0) is 18.5. The fourth-order valence-electron chi connectivity index (χ4n) is 1.87. The molecule has 1 nitrogen and oxygen atoms in total. The maximum atomic E-state index is 13.7. The summed E-state index contributed by atoms with van der Waals surface area (Å²) in [6.07, 6.45) is 5.88. The lowest BCUT2D eigenvalue weighted by atomic mass is 9.77. The summed E-state index contributed by atoms with van der Waals surface area (Å²) in [5, 5.41) is 0. The van der Waals surface area contributed by atoms with Gasteiger partial charge in [-0.2, -0.15) is 0 Å². The van der Waals surface area contributed by atoms with Crippen LogP contribution in [0.4, 0.5) is 4.39 Å². The van der Waals surface area contributed by atoms with Crippen LogP contribution >= 0.6 is 0 Å².